The van der Waals surface area contributed by atoms with Gasteiger partial charge < -0.3 is 16.2 Å². The quantitative estimate of drug-likeness (QED) is 0.889. The average Bonchev–Trinajstić information content (AvgIpc) is 2.54. The third-order valence-corrected chi connectivity index (χ3v) is 4.53. The van der Waals surface area contributed by atoms with Crippen molar-refractivity contribution < 1.29 is 4.74 Å². The normalized spacial score (nSPS) is 20.0. The zero-order valence-electron chi connectivity index (χ0n) is 14.5. The summed E-state index contributed by atoms with van der Waals surface area (Å²) in [5.74, 6) is 2.06. The van der Waals surface area contributed by atoms with E-state index < -0.39 is 5.66 Å². The predicted octanol–water partition coefficient (Wildman–Crippen LogP) is 2.83. The highest BCUT2D eigenvalue weighted by atomic mass is 16.5. The standard InChI is InChI=1S/C18H27N5O/c1-13(2)12-24-15-8-6-14(7-9-15)23-17(20)21-16(19)22-18(23)10-4-3-5-11-18/h6-9,13H,3-5,10-12H2,1-2H3,(H4,19,20,21,22). The van der Waals surface area contributed by atoms with E-state index in [4.69, 9.17) is 16.2 Å². The van der Waals surface area contributed by atoms with Crippen molar-refractivity contribution in [2.75, 3.05) is 11.5 Å². The lowest BCUT2D eigenvalue weighted by Gasteiger charge is -2.45. The molecule has 4 N–H and O–H groups in total. The third-order valence-electron chi connectivity index (χ3n) is 4.53. The first kappa shape index (κ1) is 16.6. The van der Waals surface area contributed by atoms with E-state index in [0.717, 1.165) is 37.1 Å². The molecule has 1 saturated carbocycles. The molecule has 1 aromatic carbocycles. The fourth-order valence-electron chi connectivity index (χ4n) is 3.45. The Kier molecular flexibility index (Phi) is 4.64. The molecule has 0 saturated heterocycles. The molecule has 130 valence electrons. The van der Waals surface area contributed by atoms with Gasteiger partial charge in [0.2, 0.25) is 11.9 Å². The average molecular weight is 329 g/mol. The van der Waals surface area contributed by atoms with Gasteiger partial charge in [-0.2, -0.15) is 4.99 Å². The number of benzene rings is 1. The first-order valence-electron chi connectivity index (χ1n) is 8.73. The van der Waals surface area contributed by atoms with Crippen molar-refractivity contribution in [2.45, 2.75) is 51.6 Å². The van der Waals surface area contributed by atoms with Crippen LogP contribution in [0.15, 0.2) is 34.3 Å². The van der Waals surface area contributed by atoms with E-state index in [9.17, 15) is 0 Å². The molecule has 1 aliphatic carbocycles. The number of nitrogens with zero attached hydrogens (tertiary/aromatic N) is 3. The van der Waals surface area contributed by atoms with E-state index >= 15 is 0 Å². The molecule has 0 aromatic heterocycles. The first-order chi connectivity index (χ1) is 11.5. The minimum absolute atomic E-state index is 0.280. The molecule has 6 nitrogen and oxygen atoms in total. The van der Waals surface area contributed by atoms with Crippen LogP contribution in [0, 0.1) is 5.92 Å². The first-order valence-corrected chi connectivity index (χ1v) is 8.73. The van der Waals surface area contributed by atoms with Crippen LogP contribution in [0.25, 0.3) is 0 Å². The lowest BCUT2D eigenvalue weighted by molar-refractivity contribution is 0.271. The fourth-order valence-corrected chi connectivity index (χ4v) is 3.45. The molecule has 0 radical (unpaired) electrons. The molecule has 6 heteroatoms. The lowest BCUT2D eigenvalue weighted by atomic mass is 9.87. The number of hydrogen-bond donors (Lipinski definition) is 2. The largest absolute Gasteiger partial charge is 0.493 e. The van der Waals surface area contributed by atoms with E-state index in [0.29, 0.717) is 18.5 Å². The summed E-state index contributed by atoms with van der Waals surface area (Å²) in [7, 11) is 0. The van der Waals surface area contributed by atoms with Crippen LogP contribution in [-0.2, 0) is 0 Å². The Labute approximate surface area is 143 Å². The third kappa shape index (κ3) is 3.32. The Morgan fingerprint density at radius 2 is 1.79 bits per heavy atom. The molecular formula is C18H27N5O. The predicted molar refractivity (Wildman–Crippen MR) is 98.3 cm³/mol. The molecule has 0 bridgehead atoms. The zero-order valence-corrected chi connectivity index (χ0v) is 14.5. The molecule has 1 spiro atoms. The maximum atomic E-state index is 6.23. The smallest absolute Gasteiger partial charge is 0.220 e. The van der Waals surface area contributed by atoms with Crippen LogP contribution >= 0.6 is 0 Å². The van der Waals surface area contributed by atoms with Gasteiger partial charge in [-0.25, -0.2) is 4.99 Å². The fraction of sp³-hybridized carbons (Fsp3) is 0.556. The number of nitrogens with two attached hydrogens (primary N) is 2. The molecule has 3 rings (SSSR count). The van der Waals surface area contributed by atoms with E-state index in [2.05, 4.69) is 23.8 Å². The maximum Gasteiger partial charge on any atom is 0.220 e. The summed E-state index contributed by atoms with van der Waals surface area (Å²) >= 11 is 0. The summed E-state index contributed by atoms with van der Waals surface area (Å²) < 4.78 is 5.76. The van der Waals surface area contributed by atoms with Crippen LogP contribution in [0.4, 0.5) is 5.69 Å². The van der Waals surface area contributed by atoms with E-state index in [1.165, 1.54) is 6.42 Å². The van der Waals surface area contributed by atoms with Gasteiger partial charge >= 0.3 is 0 Å². The van der Waals surface area contributed by atoms with Crippen LogP contribution in [0.2, 0.25) is 0 Å². The number of guanidine groups is 2. The molecule has 0 amide bonds. The minimum Gasteiger partial charge on any atom is -0.493 e. The minimum atomic E-state index is -0.394. The maximum absolute atomic E-state index is 6.23. The highest BCUT2D eigenvalue weighted by molar-refractivity contribution is 6.05. The van der Waals surface area contributed by atoms with Crippen molar-refractivity contribution in [1.82, 2.24) is 0 Å². The van der Waals surface area contributed by atoms with Crippen molar-refractivity contribution in [3.8, 4) is 5.75 Å². The Morgan fingerprint density at radius 1 is 1.12 bits per heavy atom. The van der Waals surface area contributed by atoms with Gasteiger partial charge in [-0.15, -0.1) is 0 Å². The van der Waals surface area contributed by atoms with Gasteiger partial charge in [-0.05, 0) is 55.9 Å². The Balaban J connectivity index is 1.87. The number of aliphatic imine (C=N–C) groups is 2. The summed E-state index contributed by atoms with van der Waals surface area (Å²) in [6.07, 6.45) is 5.35. The summed E-state index contributed by atoms with van der Waals surface area (Å²) in [6.45, 7) is 4.97. The van der Waals surface area contributed by atoms with E-state index in [-0.39, 0.29) is 5.96 Å². The van der Waals surface area contributed by atoms with E-state index in [1.54, 1.807) is 0 Å². The molecule has 0 unspecified atom stereocenters. The second kappa shape index (κ2) is 6.71. The number of ether oxygens (including phenoxy) is 1. The van der Waals surface area contributed by atoms with Gasteiger partial charge in [-0.1, -0.05) is 20.3 Å². The van der Waals surface area contributed by atoms with Gasteiger partial charge in [0, 0.05) is 5.69 Å². The van der Waals surface area contributed by atoms with Crippen molar-refractivity contribution in [3.63, 3.8) is 0 Å². The Bertz CT molecular complexity index is 629. The molecule has 1 aliphatic heterocycles. The van der Waals surface area contributed by atoms with Crippen molar-refractivity contribution in [1.29, 1.82) is 0 Å². The molecule has 24 heavy (non-hydrogen) atoms. The summed E-state index contributed by atoms with van der Waals surface area (Å²) in [5, 5.41) is 0. The van der Waals surface area contributed by atoms with Crippen LogP contribution in [-0.4, -0.2) is 24.2 Å². The van der Waals surface area contributed by atoms with Crippen molar-refractivity contribution in [2.24, 2.45) is 27.4 Å². The molecule has 1 heterocycles. The Hall–Kier alpha value is -2.24. The van der Waals surface area contributed by atoms with Gasteiger partial charge in [-0.3, -0.25) is 4.90 Å². The molecular weight excluding hydrogens is 302 g/mol. The summed E-state index contributed by atoms with van der Waals surface area (Å²) in [4.78, 5) is 10.9. The van der Waals surface area contributed by atoms with Crippen molar-refractivity contribution in [3.05, 3.63) is 24.3 Å². The van der Waals surface area contributed by atoms with Gasteiger partial charge in [0.1, 0.15) is 11.4 Å². The molecule has 1 fully saturated rings. The topological polar surface area (TPSA) is 89.2 Å². The number of rotatable bonds is 4. The highest BCUT2D eigenvalue weighted by Crippen LogP contribution is 2.39. The van der Waals surface area contributed by atoms with Crippen LogP contribution in [0.5, 0.6) is 5.75 Å². The Morgan fingerprint density at radius 3 is 2.42 bits per heavy atom. The molecule has 2 aliphatic rings. The second-order valence-corrected chi connectivity index (χ2v) is 7.02. The SMILES string of the molecule is CC(C)COc1ccc(N2C(N)=NC(N)=NC23CCCCC3)cc1. The van der Waals surface area contributed by atoms with Gasteiger partial charge in [0.05, 0.1) is 6.61 Å². The number of hydrogen-bond acceptors (Lipinski definition) is 6. The van der Waals surface area contributed by atoms with Crippen LogP contribution in [0.1, 0.15) is 46.0 Å². The zero-order chi connectivity index (χ0) is 17.2. The summed E-state index contributed by atoms with van der Waals surface area (Å²) in [5.41, 5.74) is 12.7. The highest BCUT2D eigenvalue weighted by Gasteiger charge is 2.42. The summed E-state index contributed by atoms with van der Waals surface area (Å²) in [6, 6.07) is 7.99. The number of anilines is 1. The van der Waals surface area contributed by atoms with Gasteiger partial charge in [0.25, 0.3) is 0 Å². The monoisotopic (exact) mass is 329 g/mol. The van der Waals surface area contributed by atoms with Crippen LogP contribution in [0.3, 0.4) is 0 Å². The molecule has 0 atom stereocenters. The lowest BCUT2D eigenvalue weighted by Crippen LogP contribution is -2.58. The second-order valence-electron chi connectivity index (χ2n) is 7.02. The van der Waals surface area contributed by atoms with Crippen molar-refractivity contribution >= 4 is 17.6 Å². The molecule has 1 aromatic rings. The van der Waals surface area contributed by atoms with Crippen LogP contribution < -0.4 is 21.1 Å². The van der Waals surface area contributed by atoms with Gasteiger partial charge in [0.15, 0.2) is 0 Å². The van der Waals surface area contributed by atoms with E-state index in [1.807, 2.05) is 29.2 Å².